The number of hydrogen-bond donors (Lipinski definition) is 0. The van der Waals surface area contributed by atoms with Crippen LogP contribution in [0.3, 0.4) is 0 Å². The molecule has 20 heavy (non-hydrogen) atoms. The second-order valence-corrected chi connectivity index (χ2v) is 4.42. The maximum absolute atomic E-state index is 13.0. The van der Waals surface area contributed by atoms with Gasteiger partial charge in [0.15, 0.2) is 17.4 Å². The number of hydrogen-bond acceptors (Lipinski definition) is 2. The lowest BCUT2D eigenvalue weighted by Crippen LogP contribution is -2.12. The van der Waals surface area contributed by atoms with Gasteiger partial charge in [-0.2, -0.15) is 0 Å². The third-order valence-electron chi connectivity index (χ3n) is 2.97. The molecule has 1 unspecified atom stereocenters. The van der Waals surface area contributed by atoms with Crippen LogP contribution in [0.15, 0.2) is 48.5 Å². The van der Waals surface area contributed by atoms with Gasteiger partial charge in [-0.05, 0) is 30.7 Å². The van der Waals surface area contributed by atoms with E-state index in [-0.39, 0.29) is 24.1 Å². The van der Waals surface area contributed by atoms with Crippen LogP contribution in [-0.2, 0) is 4.74 Å². The van der Waals surface area contributed by atoms with Crippen molar-refractivity contribution in [1.82, 2.24) is 0 Å². The van der Waals surface area contributed by atoms with Gasteiger partial charge >= 0.3 is 0 Å². The van der Waals surface area contributed by atoms with E-state index in [1.807, 2.05) is 37.3 Å². The highest BCUT2D eigenvalue weighted by Crippen LogP contribution is 2.17. The Morgan fingerprint density at radius 1 is 1.10 bits per heavy atom. The molecule has 0 N–H and O–H groups in total. The summed E-state index contributed by atoms with van der Waals surface area (Å²) in [6.07, 6.45) is -0.245. The van der Waals surface area contributed by atoms with Gasteiger partial charge in [0.1, 0.15) is 6.61 Å². The Bertz CT molecular complexity index is 597. The summed E-state index contributed by atoms with van der Waals surface area (Å²) >= 11 is 0. The highest BCUT2D eigenvalue weighted by molar-refractivity contribution is 5.97. The molecule has 0 fully saturated rings. The van der Waals surface area contributed by atoms with Crippen molar-refractivity contribution in [3.8, 4) is 0 Å². The molecule has 2 aromatic rings. The molecule has 0 radical (unpaired) electrons. The Morgan fingerprint density at radius 3 is 2.45 bits per heavy atom. The van der Waals surface area contributed by atoms with E-state index in [0.29, 0.717) is 0 Å². The van der Waals surface area contributed by atoms with Crippen LogP contribution in [0.2, 0.25) is 0 Å². The summed E-state index contributed by atoms with van der Waals surface area (Å²) in [5.74, 6) is -2.39. The molecule has 4 heteroatoms. The molecule has 104 valence electrons. The van der Waals surface area contributed by atoms with Crippen LogP contribution < -0.4 is 0 Å². The van der Waals surface area contributed by atoms with Crippen molar-refractivity contribution in [2.45, 2.75) is 13.0 Å². The Balaban J connectivity index is 1.97. The molecule has 0 saturated heterocycles. The number of carbonyl (C=O) groups is 1. The van der Waals surface area contributed by atoms with Crippen LogP contribution in [0.4, 0.5) is 8.78 Å². The lowest BCUT2D eigenvalue weighted by molar-refractivity contribution is 0.0520. The molecule has 0 spiro atoms. The summed E-state index contributed by atoms with van der Waals surface area (Å²) in [6.45, 7) is 1.65. The van der Waals surface area contributed by atoms with E-state index in [1.165, 1.54) is 6.07 Å². The predicted octanol–water partition coefficient (Wildman–Crippen LogP) is 3.93. The lowest BCUT2D eigenvalue weighted by atomic mass is 10.1. The number of rotatable bonds is 5. The molecular weight excluding hydrogens is 262 g/mol. The van der Waals surface area contributed by atoms with Crippen molar-refractivity contribution >= 4 is 5.78 Å². The summed E-state index contributed by atoms with van der Waals surface area (Å²) in [6, 6.07) is 12.5. The van der Waals surface area contributed by atoms with Crippen LogP contribution in [0.25, 0.3) is 0 Å². The Morgan fingerprint density at radius 2 is 1.80 bits per heavy atom. The van der Waals surface area contributed by atoms with Gasteiger partial charge in [-0.15, -0.1) is 0 Å². The second-order valence-electron chi connectivity index (χ2n) is 4.42. The minimum absolute atomic E-state index is 0.101. The van der Waals surface area contributed by atoms with E-state index in [1.54, 1.807) is 0 Å². The normalized spacial score (nSPS) is 12.2. The molecule has 0 aliphatic heterocycles. The van der Waals surface area contributed by atoms with Gasteiger partial charge in [0.2, 0.25) is 0 Å². The van der Waals surface area contributed by atoms with Crippen molar-refractivity contribution in [3.63, 3.8) is 0 Å². The largest absolute Gasteiger partial charge is 0.366 e. The first-order valence-corrected chi connectivity index (χ1v) is 6.22. The molecule has 0 aliphatic rings. The van der Waals surface area contributed by atoms with Crippen molar-refractivity contribution in [2.75, 3.05) is 6.61 Å². The van der Waals surface area contributed by atoms with Crippen LogP contribution >= 0.6 is 0 Å². The number of carbonyl (C=O) groups excluding carboxylic acids is 1. The van der Waals surface area contributed by atoms with Gasteiger partial charge in [0.25, 0.3) is 0 Å². The summed E-state index contributed by atoms with van der Waals surface area (Å²) in [7, 11) is 0. The van der Waals surface area contributed by atoms with Gasteiger partial charge in [-0.1, -0.05) is 30.3 Å². The van der Waals surface area contributed by atoms with Crippen LogP contribution in [0, 0.1) is 11.6 Å². The molecule has 0 aliphatic carbocycles. The number of ether oxygens (including phenoxy) is 1. The average molecular weight is 276 g/mol. The summed E-state index contributed by atoms with van der Waals surface area (Å²) in [4.78, 5) is 11.8. The number of ketones is 1. The molecule has 0 heterocycles. The van der Waals surface area contributed by atoms with E-state index in [0.717, 1.165) is 17.7 Å². The maximum Gasteiger partial charge on any atom is 0.188 e. The predicted molar refractivity (Wildman–Crippen MR) is 71.5 cm³/mol. The molecule has 0 bridgehead atoms. The topological polar surface area (TPSA) is 26.3 Å². The number of Topliss-reactive ketones (excluding diaryl/α,β-unsaturated/α-hetero) is 1. The molecule has 0 saturated carbocycles. The standard InChI is InChI=1S/C16H14F2O2/c1-11(12-5-3-2-4-6-12)20-10-16(19)13-7-8-14(17)15(18)9-13/h2-9,11H,10H2,1H3. The van der Waals surface area contributed by atoms with Crippen LogP contribution in [0.5, 0.6) is 0 Å². The van der Waals surface area contributed by atoms with E-state index >= 15 is 0 Å². The fourth-order valence-corrected chi connectivity index (χ4v) is 1.77. The Kier molecular flexibility index (Phi) is 4.58. The SMILES string of the molecule is CC(OCC(=O)c1ccc(F)c(F)c1)c1ccccc1. The minimum Gasteiger partial charge on any atom is -0.366 e. The van der Waals surface area contributed by atoms with Gasteiger partial charge in [-0.3, -0.25) is 4.79 Å². The zero-order valence-corrected chi connectivity index (χ0v) is 11.0. The number of benzene rings is 2. The van der Waals surface area contributed by atoms with Crippen LogP contribution in [-0.4, -0.2) is 12.4 Å². The maximum atomic E-state index is 13.0. The fraction of sp³-hybridized carbons (Fsp3) is 0.188. The smallest absolute Gasteiger partial charge is 0.188 e. The highest BCUT2D eigenvalue weighted by atomic mass is 19.2. The second kappa shape index (κ2) is 6.39. The summed E-state index contributed by atoms with van der Waals surface area (Å²) in [5.41, 5.74) is 1.05. The molecule has 1 atom stereocenters. The van der Waals surface area contributed by atoms with Crippen LogP contribution in [0.1, 0.15) is 28.9 Å². The molecule has 0 aromatic heterocycles. The monoisotopic (exact) mass is 276 g/mol. The van der Waals surface area contributed by atoms with Gasteiger partial charge in [0, 0.05) is 5.56 Å². The molecule has 0 amide bonds. The first-order chi connectivity index (χ1) is 9.58. The zero-order valence-electron chi connectivity index (χ0n) is 11.0. The van der Waals surface area contributed by atoms with Crippen molar-refractivity contribution in [3.05, 3.63) is 71.3 Å². The molecule has 2 aromatic carbocycles. The van der Waals surface area contributed by atoms with E-state index in [9.17, 15) is 13.6 Å². The van der Waals surface area contributed by atoms with Crippen molar-refractivity contribution in [1.29, 1.82) is 0 Å². The number of halogens is 2. The third kappa shape index (κ3) is 3.48. The quantitative estimate of drug-likeness (QED) is 0.773. The van der Waals surface area contributed by atoms with Gasteiger partial charge in [-0.25, -0.2) is 8.78 Å². The molecular formula is C16H14F2O2. The third-order valence-corrected chi connectivity index (χ3v) is 2.97. The van der Waals surface area contributed by atoms with E-state index < -0.39 is 11.6 Å². The summed E-state index contributed by atoms with van der Waals surface area (Å²) in [5, 5.41) is 0. The van der Waals surface area contributed by atoms with Crippen molar-refractivity contribution < 1.29 is 18.3 Å². The Hall–Kier alpha value is -2.07. The summed E-state index contributed by atoms with van der Waals surface area (Å²) < 4.78 is 31.3. The van der Waals surface area contributed by atoms with E-state index in [4.69, 9.17) is 4.74 Å². The first kappa shape index (κ1) is 14.3. The average Bonchev–Trinajstić information content (AvgIpc) is 2.48. The lowest BCUT2D eigenvalue weighted by Gasteiger charge is -2.12. The minimum atomic E-state index is -1.04. The van der Waals surface area contributed by atoms with E-state index in [2.05, 4.69) is 0 Å². The molecule has 2 rings (SSSR count). The van der Waals surface area contributed by atoms with Gasteiger partial charge < -0.3 is 4.74 Å². The molecule has 2 nitrogen and oxygen atoms in total. The Labute approximate surface area is 116 Å². The highest BCUT2D eigenvalue weighted by Gasteiger charge is 2.12. The first-order valence-electron chi connectivity index (χ1n) is 6.22. The van der Waals surface area contributed by atoms with Gasteiger partial charge in [0.05, 0.1) is 6.10 Å². The van der Waals surface area contributed by atoms with Crippen molar-refractivity contribution in [2.24, 2.45) is 0 Å². The zero-order chi connectivity index (χ0) is 14.5. The fourth-order valence-electron chi connectivity index (χ4n) is 1.77.